The normalized spacial score (nSPS) is 10.2. The van der Waals surface area contributed by atoms with Crippen molar-refractivity contribution in [2.75, 3.05) is 11.1 Å². The number of halogens is 1. The van der Waals surface area contributed by atoms with Crippen LogP contribution in [0.5, 0.6) is 0 Å². The number of rotatable bonds is 3. The Hall–Kier alpha value is -2.01. The van der Waals surface area contributed by atoms with E-state index >= 15 is 0 Å². The third kappa shape index (κ3) is 2.71. The summed E-state index contributed by atoms with van der Waals surface area (Å²) in [5.41, 5.74) is 8.63. The molecule has 0 atom stereocenters. The molecule has 0 saturated heterocycles. The molecule has 0 spiro atoms. The molecule has 2 aromatic rings. The maximum atomic E-state index is 11.2. The van der Waals surface area contributed by atoms with E-state index in [1.165, 1.54) is 6.07 Å². The van der Waals surface area contributed by atoms with Crippen LogP contribution in [0.15, 0.2) is 40.9 Å². The first-order valence-electron chi connectivity index (χ1n) is 5.64. The summed E-state index contributed by atoms with van der Waals surface area (Å²) < 4.78 is 0.884. The number of anilines is 3. The average Bonchev–Trinajstić information content (AvgIpc) is 2.36. The van der Waals surface area contributed by atoms with Crippen LogP contribution in [0.2, 0.25) is 0 Å². The molecule has 0 heterocycles. The van der Waals surface area contributed by atoms with Gasteiger partial charge in [0.25, 0.3) is 0 Å². The predicted octanol–water partition coefficient (Wildman–Crippen LogP) is 3.78. The van der Waals surface area contributed by atoms with E-state index in [1.807, 2.05) is 25.1 Å². The van der Waals surface area contributed by atoms with Gasteiger partial charge in [0.2, 0.25) is 0 Å². The Morgan fingerprint density at radius 2 is 1.95 bits per heavy atom. The van der Waals surface area contributed by atoms with Crippen LogP contribution < -0.4 is 11.1 Å². The third-order valence-electron chi connectivity index (χ3n) is 2.78. The van der Waals surface area contributed by atoms with Gasteiger partial charge in [-0.15, -0.1) is 0 Å². The van der Waals surface area contributed by atoms with E-state index in [-0.39, 0.29) is 5.56 Å². The molecular weight excluding hydrogens is 308 g/mol. The van der Waals surface area contributed by atoms with Crippen LogP contribution in [0, 0.1) is 6.92 Å². The van der Waals surface area contributed by atoms with E-state index in [4.69, 9.17) is 5.73 Å². The Kier molecular flexibility index (Phi) is 3.76. The lowest BCUT2D eigenvalue weighted by molar-refractivity contribution is 0.0698. The summed E-state index contributed by atoms with van der Waals surface area (Å²) in [5, 5.41) is 12.3. The third-order valence-corrected chi connectivity index (χ3v) is 3.83. The molecule has 0 amide bonds. The van der Waals surface area contributed by atoms with Gasteiger partial charge < -0.3 is 16.2 Å². The topological polar surface area (TPSA) is 75.3 Å². The molecule has 98 valence electrons. The summed E-state index contributed by atoms with van der Waals surface area (Å²) in [6, 6.07) is 10.5. The molecule has 0 aliphatic rings. The van der Waals surface area contributed by atoms with Gasteiger partial charge in [0, 0.05) is 4.47 Å². The second-order valence-electron chi connectivity index (χ2n) is 4.14. The number of benzene rings is 2. The van der Waals surface area contributed by atoms with Crippen LogP contribution in [0.4, 0.5) is 17.1 Å². The second kappa shape index (κ2) is 5.32. The molecule has 0 saturated carbocycles. The maximum Gasteiger partial charge on any atom is 0.337 e. The number of carbonyl (C=O) groups is 1. The maximum absolute atomic E-state index is 11.2. The van der Waals surface area contributed by atoms with Crippen molar-refractivity contribution in [3.63, 3.8) is 0 Å². The number of nitrogens with one attached hydrogen (secondary N) is 1. The highest BCUT2D eigenvalue weighted by Crippen LogP contribution is 2.32. The molecule has 0 unspecified atom stereocenters. The van der Waals surface area contributed by atoms with E-state index in [9.17, 15) is 9.90 Å². The number of para-hydroxylation sites is 1. The van der Waals surface area contributed by atoms with Gasteiger partial charge in [-0.05, 0) is 46.6 Å². The zero-order chi connectivity index (χ0) is 14.0. The van der Waals surface area contributed by atoms with Crippen molar-refractivity contribution in [3.05, 3.63) is 52.0 Å². The fourth-order valence-electron chi connectivity index (χ4n) is 1.77. The lowest BCUT2D eigenvalue weighted by Crippen LogP contribution is -2.06. The Balaban J connectivity index is 2.49. The molecule has 0 radical (unpaired) electrons. The molecule has 0 bridgehead atoms. The zero-order valence-corrected chi connectivity index (χ0v) is 11.9. The fourth-order valence-corrected chi connectivity index (χ4v) is 2.13. The summed E-state index contributed by atoms with van der Waals surface area (Å²) >= 11 is 3.47. The monoisotopic (exact) mass is 320 g/mol. The highest BCUT2D eigenvalue weighted by atomic mass is 79.9. The summed E-state index contributed by atoms with van der Waals surface area (Å²) in [6.07, 6.45) is 0. The standard InChI is InChI=1S/C14H13BrN2O2/c1-8-4-2-7-11(12(8)15)17-13-9(14(18)19)5-3-6-10(13)16/h2-7,17H,16H2,1H3,(H,18,19). The van der Waals surface area contributed by atoms with Crippen molar-refractivity contribution >= 4 is 39.0 Å². The number of carboxylic acid groups (broad SMARTS) is 1. The Labute approximate surface area is 119 Å². The predicted molar refractivity (Wildman–Crippen MR) is 80.0 cm³/mol. The van der Waals surface area contributed by atoms with Crippen LogP contribution in [-0.2, 0) is 0 Å². The number of carboxylic acids is 1. The van der Waals surface area contributed by atoms with Gasteiger partial charge >= 0.3 is 5.97 Å². The van der Waals surface area contributed by atoms with Gasteiger partial charge in [-0.25, -0.2) is 4.79 Å². The molecule has 2 aromatic carbocycles. The van der Waals surface area contributed by atoms with E-state index in [0.29, 0.717) is 11.4 Å². The van der Waals surface area contributed by atoms with Crippen LogP contribution in [0.3, 0.4) is 0 Å². The van der Waals surface area contributed by atoms with Gasteiger partial charge in [-0.3, -0.25) is 0 Å². The van der Waals surface area contributed by atoms with Gasteiger partial charge in [0.05, 0.1) is 22.6 Å². The smallest absolute Gasteiger partial charge is 0.337 e. The summed E-state index contributed by atoms with van der Waals surface area (Å²) in [7, 11) is 0. The molecule has 4 N–H and O–H groups in total. The molecule has 0 aromatic heterocycles. The Morgan fingerprint density at radius 1 is 1.26 bits per heavy atom. The van der Waals surface area contributed by atoms with E-state index in [0.717, 1.165) is 15.7 Å². The highest BCUT2D eigenvalue weighted by Gasteiger charge is 2.14. The average molecular weight is 321 g/mol. The molecule has 0 aliphatic carbocycles. The van der Waals surface area contributed by atoms with Crippen molar-refractivity contribution < 1.29 is 9.90 Å². The van der Waals surface area contributed by atoms with Gasteiger partial charge in [-0.1, -0.05) is 18.2 Å². The van der Waals surface area contributed by atoms with Crippen LogP contribution >= 0.6 is 15.9 Å². The summed E-state index contributed by atoms with van der Waals surface area (Å²) in [4.78, 5) is 11.2. The zero-order valence-electron chi connectivity index (χ0n) is 10.3. The highest BCUT2D eigenvalue weighted by molar-refractivity contribution is 9.10. The van der Waals surface area contributed by atoms with Crippen LogP contribution in [0.1, 0.15) is 15.9 Å². The van der Waals surface area contributed by atoms with E-state index in [1.54, 1.807) is 12.1 Å². The largest absolute Gasteiger partial charge is 0.478 e. The fraction of sp³-hybridized carbons (Fsp3) is 0.0714. The quantitative estimate of drug-likeness (QED) is 0.752. The SMILES string of the molecule is Cc1cccc(Nc2c(N)cccc2C(=O)O)c1Br. The number of aromatic carboxylic acids is 1. The second-order valence-corrected chi connectivity index (χ2v) is 4.93. The molecule has 0 aliphatic heterocycles. The molecule has 19 heavy (non-hydrogen) atoms. The minimum atomic E-state index is -1.02. The Bertz CT molecular complexity index is 641. The number of nitrogen functional groups attached to an aromatic ring is 1. The first-order chi connectivity index (χ1) is 9.00. The molecular formula is C14H13BrN2O2. The Morgan fingerprint density at radius 3 is 2.63 bits per heavy atom. The number of hydrogen-bond donors (Lipinski definition) is 3. The molecule has 4 nitrogen and oxygen atoms in total. The molecule has 2 rings (SSSR count). The van der Waals surface area contributed by atoms with E-state index < -0.39 is 5.97 Å². The van der Waals surface area contributed by atoms with Crippen LogP contribution in [-0.4, -0.2) is 11.1 Å². The van der Waals surface area contributed by atoms with Crippen molar-refractivity contribution in [3.8, 4) is 0 Å². The van der Waals surface area contributed by atoms with E-state index in [2.05, 4.69) is 21.2 Å². The van der Waals surface area contributed by atoms with Crippen molar-refractivity contribution in [1.29, 1.82) is 0 Å². The lowest BCUT2D eigenvalue weighted by atomic mass is 10.1. The van der Waals surface area contributed by atoms with Gasteiger partial charge in [0.15, 0.2) is 0 Å². The van der Waals surface area contributed by atoms with Crippen molar-refractivity contribution in [1.82, 2.24) is 0 Å². The summed E-state index contributed by atoms with van der Waals surface area (Å²) in [6.45, 7) is 1.96. The van der Waals surface area contributed by atoms with Crippen molar-refractivity contribution in [2.24, 2.45) is 0 Å². The van der Waals surface area contributed by atoms with Crippen LogP contribution in [0.25, 0.3) is 0 Å². The summed E-state index contributed by atoms with van der Waals surface area (Å²) in [5.74, 6) is -1.02. The molecule has 5 heteroatoms. The number of aryl methyl sites for hydroxylation is 1. The number of hydrogen-bond acceptors (Lipinski definition) is 3. The lowest BCUT2D eigenvalue weighted by Gasteiger charge is -2.14. The van der Waals surface area contributed by atoms with Gasteiger partial charge in [-0.2, -0.15) is 0 Å². The van der Waals surface area contributed by atoms with Crippen molar-refractivity contribution in [2.45, 2.75) is 6.92 Å². The number of nitrogens with two attached hydrogens (primary N) is 1. The first kappa shape index (κ1) is 13.4. The minimum absolute atomic E-state index is 0.147. The minimum Gasteiger partial charge on any atom is -0.478 e. The molecule has 0 fully saturated rings. The van der Waals surface area contributed by atoms with Gasteiger partial charge in [0.1, 0.15) is 0 Å². The first-order valence-corrected chi connectivity index (χ1v) is 6.44.